The SMILES string of the molecule is [2H]C([3H])OC[C@H]1O[C@@H](n2cc(C)c(=O)[nH]c2=O)C[C@H]1OP(OCCC#N)OCCC1C=CCC2C(=O)N(Cc3ccc(N4C(=O)C5CC=CC(CCOP(OCCC#N)O[C@@H]6C[C@H](n7cc(C)c(=O)[nH]c7=O)O[C@@H]6COC([2H])[3H])C5C4=O)cc3)C(=O)C12. The minimum absolute atomic E-state index is 0.00106. The first-order valence-corrected chi connectivity index (χ1v) is 29.2. The Hall–Kier alpha value is -6.22. The number of nitrogens with one attached hydrogen (secondary N) is 2. The van der Waals surface area contributed by atoms with Crippen LogP contribution in [0, 0.1) is 72.0 Å². The molecule has 2 aliphatic carbocycles. The van der Waals surface area contributed by atoms with E-state index in [0.29, 0.717) is 24.1 Å². The van der Waals surface area contributed by atoms with Gasteiger partial charge in [0.05, 0.1) is 118 Å². The van der Waals surface area contributed by atoms with Gasteiger partial charge in [0.25, 0.3) is 11.1 Å². The van der Waals surface area contributed by atoms with Crippen LogP contribution in [0.2, 0.25) is 0 Å². The van der Waals surface area contributed by atoms with Crippen LogP contribution in [0.3, 0.4) is 0 Å². The predicted molar refractivity (Wildman–Crippen MR) is 293 cm³/mol. The van der Waals surface area contributed by atoms with Crippen molar-refractivity contribution in [2.45, 2.75) is 109 Å². The molecule has 1 aromatic carbocycles. The quantitative estimate of drug-likeness (QED) is 0.0458. The fourth-order valence-electron chi connectivity index (χ4n) is 11.3. The molecule has 3 aromatic rings. The molecule has 2 N–H and O–H groups in total. The van der Waals surface area contributed by atoms with Crippen LogP contribution < -0.4 is 27.4 Å². The molecule has 16 atom stereocenters. The third-order valence-electron chi connectivity index (χ3n) is 15.4. The molecule has 6 heterocycles. The number of fused-ring (bicyclic) bond motifs is 2. The summed E-state index contributed by atoms with van der Waals surface area (Å²) in [5, 5.41) is 18.5. The molecular formula is C55H66N8O18P2. The lowest BCUT2D eigenvalue weighted by Gasteiger charge is -2.27. The lowest BCUT2D eigenvalue weighted by molar-refractivity contribution is -0.141. The van der Waals surface area contributed by atoms with Crippen LogP contribution in [-0.2, 0) is 71.8 Å². The Morgan fingerprint density at radius 3 is 1.61 bits per heavy atom. The Labute approximate surface area is 484 Å². The van der Waals surface area contributed by atoms with E-state index in [9.17, 15) is 48.9 Å². The number of rotatable bonds is 27. The maximum atomic E-state index is 14.3. The van der Waals surface area contributed by atoms with Gasteiger partial charge in [0.15, 0.2) is 0 Å². The van der Waals surface area contributed by atoms with Gasteiger partial charge in [0.2, 0.25) is 23.6 Å². The van der Waals surface area contributed by atoms with Crippen molar-refractivity contribution in [3.8, 4) is 12.1 Å². The number of hydrogen-bond acceptors (Lipinski definition) is 20. The van der Waals surface area contributed by atoms with E-state index in [1.165, 1.54) is 40.3 Å². The molecule has 0 radical (unpaired) electrons. The largest absolute Gasteiger partial charge is 0.382 e. The lowest BCUT2D eigenvalue weighted by Crippen LogP contribution is -2.33. The van der Waals surface area contributed by atoms with Crippen LogP contribution in [0.5, 0.6) is 0 Å². The van der Waals surface area contributed by atoms with Crippen molar-refractivity contribution in [3.05, 3.63) is 119 Å². The number of hydrogen-bond donors (Lipinski definition) is 2. The van der Waals surface area contributed by atoms with Crippen LogP contribution >= 0.6 is 17.2 Å². The summed E-state index contributed by atoms with van der Waals surface area (Å²) >= 11 is 0. The first-order valence-electron chi connectivity index (χ1n) is 29.4. The topological polar surface area (TPSA) is 324 Å². The van der Waals surface area contributed by atoms with Gasteiger partial charge in [-0.25, -0.2) is 9.59 Å². The molecule has 10 unspecified atom stereocenters. The molecule has 28 heteroatoms. The number of H-pyrrole nitrogens is 2. The molecule has 4 fully saturated rings. The van der Waals surface area contributed by atoms with Crippen molar-refractivity contribution in [1.29, 1.82) is 10.5 Å². The smallest absolute Gasteiger partial charge is 0.333 e. The first kappa shape index (κ1) is 55.9. The van der Waals surface area contributed by atoms with Crippen molar-refractivity contribution in [2.24, 2.45) is 35.5 Å². The number of nitriles is 2. The summed E-state index contributed by atoms with van der Waals surface area (Å²) in [4.78, 5) is 113. The molecule has 9 rings (SSSR count). The third kappa shape index (κ3) is 14.0. The van der Waals surface area contributed by atoms with Gasteiger partial charge >= 0.3 is 28.6 Å². The number of carbonyl (C=O) groups excluding carboxylic acids is 4. The molecule has 2 aromatic heterocycles. The number of methoxy groups -OCH3 is 2. The normalized spacial score (nSPS) is 29.6. The van der Waals surface area contributed by atoms with Crippen LogP contribution in [0.15, 0.2) is 80.1 Å². The fourth-order valence-corrected chi connectivity index (χ4v) is 13.6. The number of ether oxygens (including phenoxy) is 4. The van der Waals surface area contributed by atoms with Gasteiger partial charge < -0.3 is 46.1 Å². The highest BCUT2D eigenvalue weighted by Crippen LogP contribution is 2.49. The Balaban J connectivity index is 0.797. The summed E-state index contributed by atoms with van der Waals surface area (Å²) < 4.78 is 91.7. The number of amides is 4. The second-order valence-corrected chi connectivity index (χ2v) is 23.0. The molecular weight excluding hydrogens is 1120 g/mol. The highest BCUT2D eigenvalue weighted by Gasteiger charge is 2.53. The zero-order valence-electron chi connectivity index (χ0n) is 49.4. The van der Waals surface area contributed by atoms with Crippen molar-refractivity contribution in [2.75, 3.05) is 58.7 Å². The van der Waals surface area contributed by atoms with E-state index in [1.54, 1.807) is 24.3 Å². The first-order chi connectivity index (χ1) is 41.8. The number of nitrogens with zero attached hydrogens (tertiary/aromatic N) is 6. The number of allylic oxidation sites excluding steroid dienone is 4. The Morgan fingerprint density at radius 2 is 1.13 bits per heavy atom. The van der Waals surface area contributed by atoms with Crippen LogP contribution in [0.1, 0.15) is 86.0 Å². The Kier molecular flexibility index (Phi) is 18.9. The zero-order valence-corrected chi connectivity index (χ0v) is 47.2. The highest BCUT2D eigenvalue weighted by atomic mass is 31.2. The summed E-state index contributed by atoms with van der Waals surface area (Å²) in [5.41, 5.74) is -1.16. The molecule has 444 valence electrons. The Morgan fingerprint density at radius 1 is 0.663 bits per heavy atom. The number of likely N-dealkylation sites (tertiary alicyclic amines) is 1. The van der Waals surface area contributed by atoms with Gasteiger partial charge in [0, 0.05) is 50.5 Å². The highest BCUT2D eigenvalue weighted by molar-refractivity contribution is 7.42. The zero-order chi connectivity index (χ0) is 62.1. The molecule has 0 bridgehead atoms. The average molecular weight is 1200 g/mol. The molecule has 6 aliphatic rings. The monoisotopic (exact) mass is 1190 g/mol. The summed E-state index contributed by atoms with van der Waals surface area (Å²) in [6.45, 7) is 2.34. The van der Waals surface area contributed by atoms with E-state index in [2.05, 4.69) is 9.97 Å². The van der Waals surface area contributed by atoms with E-state index < -0.39 is 132 Å². The van der Waals surface area contributed by atoms with Gasteiger partial charge in [-0.15, -0.1) is 0 Å². The van der Waals surface area contributed by atoms with Gasteiger partial charge in [-0.1, -0.05) is 36.4 Å². The summed E-state index contributed by atoms with van der Waals surface area (Å²) in [6, 6.07) is 10.5. The van der Waals surface area contributed by atoms with E-state index in [0.717, 1.165) is 4.90 Å². The van der Waals surface area contributed by atoms with Crippen molar-refractivity contribution in [1.82, 2.24) is 24.0 Å². The molecule has 26 nitrogen and oxygen atoms in total. The number of anilines is 1. The number of carbonyl (C=O) groups is 4. The summed E-state index contributed by atoms with van der Waals surface area (Å²) in [5.74, 6) is -5.13. The predicted octanol–water partition coefficient (Wildman–Crippen LogP) is 4.53. The Bertz CT molecular complexity index is 3370. The van der Waals surface area contributed by atoms with Crippen LogP contribution in [0.25, 0.3) is 0 Å². The van der Waals surface area contributed by atoms with Crippen molar-refractivity contribution in [3.63, 3.8) is 0 Å². The molecule has 4 saturated heterocycles. The number of benzene rings is 1. The van der Waals surface area contributed by atoms with E-state index in [4.69, 9.17) is 51.6 Å². The fraction of sp³-hybridized carbons (Fsp3) is 0.564. The van der Waals surface area contributed by atoms with Gasteiger partial charge in [0.1, 0.15) is 24.7 Å². The minimum Gasteiger partial charge on any atom is -0.382 e. The van der Waals surface area contributed by atoms with Crippen LogP contribution in [-0.4, -0.2) is 126 Å². The number of imide groups is 2. The van der Waals surface area contributed by atoms with Gasteiger partial charge in [-0.3, -0.25) is 57.7 Å². The molecule has 83 heavy (non-hydrogen) atoms. The lowest BCUT2D eigenvalue weighted by atomic mass is 9.76. The van der Waals surface area contributed by atoms with Crippen LogP contribution in [0.4, 0.5) is 5.69 Å². The van der Waals surface area contributed by atoms with Crippen molar-refractivity contribution >= 4 is 46.5 Å². The number of aromatic nitrogens is 4. The molecule has 0 spiro atoms. The van der Waals surface area contributed by atoms with E-state index in [-0.39, 0.29) is 114 Å². The summed E-state index contributed by atoms with van der Waals surface area (Å²) in [6.07, 6.45) is 6.10. The number of aryl methyl sites for hydroxylation is 2. The standard InChI is InChI=1S/C55H66N8O18P2/c1-32-27-60(54(70)58-48(32)64)44-25-40(42(78-44)30-72-3)80-82(74-21-7-19-56)76-23-17-35-9-5-11-38-46(35)52(68)62(50(38)66)29-34-13-15-37(16-14-34)63-51(67)39-12-6-10-36(47(39)53(63)69)18-24-77-83(75-22-8-20-57)81-41-26-45(79-43(41)31-73-4)61-28-33(2)49(65)59-55(61)71/h5-6,9-10,13-16,27-28,35-36,38-47H,7-8,11-12,17-18,21-26,29-31H2,1-4H3,(H,58,64,70)(H,59,65,71)/t35?,36?,38?,39?,40-,41-,42-,43-,44-,45-,46?,47?,82?,83?/m1/s1/i3TD,4TD/t3?,4?,35?,36?,38?,39?,40-,41-,42-,43-,44-,45-,46?,47?,82?,83?. The van der Waals surface area contributed by atoms with E-state index in [1.807, 2.05) is 36.4 Å². The minimum atomic E-state index is -2.20. The molecule has 0 saturated carbocycles. The third-order valence-corrected chi connectivity index (χ3v) is 17.9. The second-order valence-electron chi connectivity index (χ2n) is 20.7. The van der Waals surface area contributed by atoms with E-state index >= 15 is 0 Å². The van der Waals surface area contributed by atoms with Gasteiger partial charge in [-0.05, 0) is 69.1 Å². The summed E-state index contributed by atoms with van der Waals surface area (Å²) in [7, 11) is -7.69. The van der Waals surface area contributed by atoms with Gasteiger partial charge in [-0.2, -0.15) is 10.5 Å². The average Bonchev–Trinajstić information content (AvgIpc) is 1.74. The number of aromatic amines is 2. The maximum absolute atomic E-state index is 14.3. The molecule has 4 amide bonds. The maximum Gasteiger partial charge on any atom is 0.333 e. The molecule has 4 aliphatic heterocycles. The van der Waals surface area contributed by atoms with Crippen molar-refractivity contribution < 1.29 is 70.8 Å². The second kappa shape index (κ2) is 28.1.